The van der Waals surface area contributed by atoms with Gasteiger partial charge in [-0.25, -0.2) is 0 Å². The topological polar surface area (TPSA) is 32.5 Å². The SMILES string of the molecule is CC1CN(C)CCCN1c1ccc(CN)c(Cl)c1. The van der Waals surface area contributed by atoms with Crippen molar-refractivity contribution in [1.29, 1.82) is 0 Å². The molecule has 1 aromatic rings. The van der Waals surface area contributed by atoms with Crippen LogP contribution < -0.4 is 10.6 Å². The number of hydrogen-bond donors (Lipinski definition) is 1. The molecule has 1 heterocycles. The number of nitrogens with two attached hydrogens (primary N) is 1. The van der Waals surface area contributed by atoms with Gasteiger partial charge in [-0.15, -0.1) is 0 Å². The van der Waals surface area contributed by atoms with Crippen LogP contribution >= 0.6 is 11.6 Å². The summed E-state index contributed by atoms with van der Waals surface area (Å²) in [6.07, 6.45) is 1.19. The molecule has 0 spiro atoms. The molecular formula is C14H22ClN3. The summed E-state index contributed by atoms with van der Waals surface area (Å²) in [5.74, 6) is 0. The van der Waals surface area contributed by atoms with Crippen LogP contribution in [-0.4, -0.2) is 37.6 Å². The normalized spacial score (nSPS) is 22.0. The number of likely N-dealkylation sites (N-methyl/N-ethyl adjacent to an activating group) is 1. The van der Waals surface area contributed by atoms with Crippen molar-refractivity contribution in [3.05, 3.63) is 28.8 Å². The second kappa shape index (κ2) is 5.91. The summed E-state index contributed by atoms with van der Waals surface area (Å²) < 4.78 is 0. The number of anilines is 1. The van der Waals surface area contributed by atoms with Crippen molar-refractivity contribution in [2.24, 2.45) is 5.73 Å². The van der Waals surface area contributed by atoms with Crippen LogP contribution in [0.3, 0.4) is 0 Å². The largest absolute Gasteiger partial charge is 0.367 e. The van der Waals surface area contributed by atoms with Crippen molar-refractivity contribution in [2.75, 3.05) is 31.6 Å². The molecule has 2 N–H and O–H groups in total. The van der Waals surface area contributed by atoms with Crippen molar-refractivity contribution < 1.29 is 0 Å². The average molecular weight is 268 g/mol. The van der Waals surface area contributed by atoms with Gasteiger partial charge in [-0.1, -0.05) is 17.7 Å². The van der Waals surface area contributed by atoms with E-state index in [0.29, 0.717) is 12.6 Å². The Hall–Kier alpha value is -0.770. The zero-order valence-corrected chi connectivity index (χ0v) is 12.0. The van der Waals surface area contributed by atoms with Gasteiger partial charge in [0.1, 0.15) is 0 Å². The quantitative estimate of drug-likeness (QED) is 0.893. The molecule has 1 saturated heterocycles. The second-order valence-electron chi connectivity index (χ2n) is 5.14. The van der Waals surface area contributed by atoms with Crippen LogP contribution in [0.2, 0.25) is 5.02 Å². The molecule has 0 aromatic heterocycles. The fourth-order valence-corrected chi connectivity index (χ4v) is 2.89. The third-order valence-corrected chi connectivity index (χ3v) is 3.99. The Morgan fingerprint density at radius 3 is 2.83 bits per heavy atom. The molecule has 0 saturated carbocycles. The summed E-state index contributed by atoms with van der Waals surface area (Å²) in [4.78, 5) is 4.83. The van der Waals surface area contributed by atoms with E-state index in [0.717, 1.165) is 30.2 Å². The van der Waals surface area contributed by atoms with E-state index >= 15 is 0 Å². The molecule has 100 valence electrons. The van der Waals surface area contributed by atoms with Gasteiger partial charge in [0, 0.05) is 36.4 Å². The van der Waals surface area contributed by atoms with Crippen LogP contribution in [0.25, 0.3) is 0 Å². The lowest BCUT2D eigenvalue weighted by atomic mass is 10.1. The summed E-state index contributed by atoms with van der Waals surface area (Å²) in [6.45, 7) is 6.11. The first-order valence-corrected chi connectivity index (χ1v) is 6.93. The van der Waals surface area contributed by atoms with Crippen LogP contribution in [0.1, 0.15) is 18.9 Å². The van der Waals surface area contributed by atoms with Crippen molar-refractivity contribution in [1.82, 2.24) is 4.90 Å². The van der Waals surface area contributed by atoms with Gasteiger partial charge in [-0.05, 0) is 44.6 Å². The standard InChI is InChI=1S/C14H22ClN3/c1-11-10-17(2)6-3-7-18(11)13-5-4-12(9-16)14(15)8-13/h4-5,8,11H,3,6-7,9-10,16H2,1-2H3. The first kappa shape index (κ1) is 13.7. The van der Waals surface area contributed by atoms with E-state index in [2.05, 4.69) is 29.8 Å². The minimum atomic E-state index is 0.497. The Morgan fingerprint density at radius 2 is 2.17 bits per heavy atom. The maximum Gasteiger partial charge on any atom is 0.0471 e. The molecule has 1 atom stereocenters. The Labute approximate surface area is 115 Å². The van der Waals surface area contributed by atoms with Gasteiger partial charge in [0.05, 0.1) is 0 Å². The van der Waals surface area contributed by atoms with E-state index < -0.39 is 0 Å². The zero-order valence-electron chi connectivity index (χ0n) is 11.2. The minimum absolute atomic E-state index is 0.497. The zero-order chi connectivity index (χ0) is 13.1. The predicted octanol–water partition coefficient (Wildman–Crippen LogP) is 2.33. The summed E-state index contributed by atoms with van der Waals surface area (Å²) >= 11 is 6.25. The first-order valence-electron chi connectivity index (χ1n) is 6.55. The fraction of sp³-hybridized carbons (Fsp3) is 0.571. The monoisotopic (exact) mass is 267 g/mol. The number of rotatable bonds is 2. The van der Waals surface area contributed by atoms with Crippen molar-refractivity contribution in [2.45, 2.75) is 25.9 Å². The Morgan fingerprint density at radius 1 is 1.39 bits per heavy atom. The van der Waals surface area contributed by atoms with E-state index in [1.807, 2.05) is 12.1 Å². The van der Waals surface area contributed by atoms with E-state index in [1.165, 1.54) is 12.1 Å². The van der Waals surface area contributed by atoms with Crippen LogP contribution in [0.5, 0.6) is 0 Å². The molecule has 1 fully saturated rings. The Balaban J connectivity index is 2.21. The molecule has 18 heavy (non-hydrogen) atoms. The molecule has 4 heteroatoms. The highest BCUT2D eigenvalue weighted by Crippen LogP contribution is 2.26. The molecule has 2 rings (SSSR count). The highest BCUT2D eigenvalue weighted by atomic mass is 35.5. The lowest BCUT2D eigenvalue weighted by Gasteiger charge is -2.30. The smallest absolute Gasteiger partial charge is 0.0471 e. The summed E-state index contributed by atoms with van der Waals surface area (Å²) in [7, 11) is 2.19. The van der Waals surface area contributed by atoms with Gasteiger partial charge in [-0.3, -0.25) is 0 Å². The van der Waals surface area contributed by atoms with Gasteiger partial charge >= 0.3 is 0 Å². The highest BCUT2D eigenvalue weighted by molar-refractivity contribution is 6.31. The average Bonchev–Trinajstić information content (AvgIpc) is 2.50. The minimum Gasteiger partial charge on any atom is -0.367 e. The van der Waals surface area contributed by atoms with E-state index in [9.17, 15) is 0 Å². The summed E-state index contributed by atoms with van der Waals surface area (Å²) in [5, 5.41) is 0.778. The van der Waals surface area contributed by atoms with Crippen LogP contribution in [0, 0.1) is 0 Å². The third kappa shape index (κ3) is 2.97. The molecule has 3 nitrogen and oxygen atoms in total. The van der Waals surface area contributed by atoms with Crippen molar-refractivity contribution in [3.8, 4) is 0 Å². The highest BCUT2D eigenvalue weighted by Gasteiger charge is 2.20. The van der Waals surface area contributed by atoms with Gasteiger partial charge in [0.2, 0.25) is 0 Å². The molecule has 0 radical (unpaired) electrons. The number of hydrogen-bond acceptors (Lipinski definition) is 3. The van der Waals surface area contributed by atoms with E-state index in [4.69, 9.17) is 17.3 Å². The predicted molar refractivity (Wildman–Crippen MR) is 78.3 cm³/mol. The molecule has 1 aliphatic heterocycles. The van der Waals surface area contributed by atoms with Crippen LogP contribution in [-0.2, 0) is 6.54 Å². The first-order chi connectivity index (χ1) is 8.61. The molecule has 1 aliphatic rings. The van der Waals surface area contributed by atoms with Crippen LogP contribution in [0.4, 0.5) is 5.69 Å². The Bertz CT molecular complexity index is 408. The van der Waals surface area contributed by atoms with Gasteiger partial charge in [-0.2, -0.15) is 0 Å². The maximum atomic E-state index is 6.25. The lowest BCUT2D eigenvalue weighted by Crippen LogP contribution is -2.37. The number of nitrogens with zero attached hydrogens (tertiary/aromatic N) is 2. The van der Waals surface area contributed by atoms with Gasteiger partial charge < -0.3 is 15.5 Å². The summed E-state index contributed by atoms with van der Waals surface area (Å²) in [6, 6.07) is 6.73. The molecular weight excluding hydrogens is 246 g/mol. The third-order valence-electron chi connectivity index (χ3n) is 3.64. The fourth-order valence-electron chi connectivity index (χ4n) is 2.64. The molecule has 0 amide bonds. The van der Waals surface area contributed by atoms with Crippen molar-refractivity contribution in [3.63, 3.8) is 0 Å². The summed E-state index contributed by atoms with van der Waals surface area (Å²) in [5.41, 5.74) is 7.87. The van der Waals surface area contributed by atoms with E-state index in [1.54, 1.807) is 0 Å². The Kier molecular flexibility index (Phi) is 4.49. The second-order valence-corrected chi connectivity index (χ2v) is 5.55. The lowest BCUT2D eigenvalue weighted by molar-refractivity contribution is 0.337. The maximum absolute atomic E-state index is 6.25. The van der Waals surface area contributed by atoms with Crippen LogP contribution in [0.15, 0.2) is 18.2 Å². The number of halogens is 1. The molecule has 1 aromatic carbocycles. The molecule has 0 aliphatic carbocycles. The van der Waals surface area contributed by atoms with Crippen molar-refractivity contribution >= 4 is 17.3 Å². The number of benzene rings is 1. The molecule has 1 unspecified atom stereocenters. The van der Waals surface area contributed by atoms with Gasteiger partial charge in [0.25, 0.3) is 0 Å². The van der Waals surface area contributed by atoms with E-state index in [-0.39, 0.29) is 0 Å². The van der Waals surface area contributed by atoms with Gasteiger partial charge in [0.15, 0.2) is 0 Å². The molecule has 0 bridgehead atoms.